The van der Waals surface area contributed by atoms with Crippen molar-refractivity contribution in [2.75, 3.05) is 33.7 Å². The number of piperidine rings is 1. The first-order valence-corrected chi connectivity index (χ1v) is 7.11. The first-order valence-electron chi connectivity index (χ1n) is 7.11. The molecule has 1 fully saturated rings. The van der Waals surface area contributed by atoms with Gasteiger partial charge in [0.05, 0.1) is 5.69 Å². The molecule has 2 rings (SSSR count). The van der Waals surface area contributed by atoms with E-state index in [9.17, 15) is 4.79 Å². The number of hydrogen-bond donors (Lipinski definition) is 1. The maximum Gasteiger partial charge on any atom is 0.354 e. The number of nitrogens with zero attached hydrogens (tertiary/aromatic N) is 3. The monoisotopic (exact) mass is 277 g/mol. The number of aromatic nitrogens is 1. The summed E-state index contributed by atoms with van der Waals surface area (Å²) < 4.78 is 0. The quantitative estimate of drug-likeness (QED) is 0.885. The number of carbonyl (C=O) groups is 1. The van der Waals surface area contributed by atoms with E-state index in [0.29, 0.717) is 6.54 Å². The van der Waals surface area contributed by atoms with Crippen molar-refractivity contribution in [1.29, 1.82) is 0 Å². The predicted molar refractivity (Wildman–Crippen MR) is 77.8 cm³/mol. The molecular weight excluding hydrogens is 254 g/mol. The zero-order chi connectivity index (χ0) is 14.5. The van der Waals surface area contributed by atoms with Crippen LogP contribution in [-0.4, -0.2) is 59.6 Å². The van der Waals surface area contributed by atoms with E-state index in [4.69, 9.17) is 5.11 Å². The smallest absolute Gasteiger partial charge is 0.354 e. The molecule has 5 nitrogen and oxygen atoms in total. The molecule has 0 aliphatic carbocycles. The molecule has 1 aromatic rings. The van der Waals surface area contributed by atoms with E-state index < -0.39 is 5.97 Å². The third-order valence-electron chi connectivity index (χ3n) is 3.87. The van der Waals surface area contributed by atoms with Crippen LogP contribution in [0.5, 0.6) is 0 Å². The molecule has 1 aliphatic heterocycles. The molecule has 110 valence electrons. The Morgan fingerprint density at radius 3 is 2.80 bits per heavy atom. The van der Waals surface area contributed by atoms with E-state index in [-0.39, 0.29) is 5.69 Å². The van der Waals surface area contributed by atoms with Gasteiger partial charge in [-0.25, -0.2) is 9.78 Å². The number of aromatic carboxylic acids is 1. The number of carboxylic acids is 1. The van der Waals surface area contributed by atoms with Crippen molar-refractivity contribution >= 4 is 5.97 Å². The van der Waals surface area contributed by atoms with Gasteiger partial charge in [-0.05, 0) is 58.1 Å². The minimum absolute atomic E-state index is 0.121. The van der Waals surface area contributed by atoms with E-state index >= 15 is 0 Å². The van der Waals surface area contributed by atoms with Crippen LogP contribution in [0.2, 0.25) is 0 Å². The Morgan fingerprint density at radius 1 is 1.45 bits per heavy atom. The zero-order valence-corrected chi connectivity index (χ0v) is 12.2. The van der Waals surface area contributed by atoms with Crippen molar-refractivity contribution in [2.24, 2.45) is 5.92 Å². The summed E-state index contributed by atoms with van der Waals surface area (Å²) in [6.07, 6.45) is 2.48. The SMILES string of the molecule is CN1CCC(CN(C)Cc2cccc(C(=O)O)n2)CC1. The van der Waals surface area contributed by atoms with Gasteiger partial charge in [-0.2, -0.15) is 0 Å². The second-order valence-electron chi connectivity index (χ2n) is 5.76. The highest BCUT2D eigenvalue weighted by Crippen LogP contribution is 2.17. The van der Waals surface area contributed by atoms with Gasteiger partial charge in [0.1, 0.15) is 5.69 Å². The maximum absolute atomic E-state index is 10.9. The summed E-state index contributed by atoms with van der Waals surface area (Å²) in [5, 5.41) is 8.95. The van der Waals surface area contributed by atoms with Gasteiger partial charge in [-0.3, -0.25) is 0 Å². The van der Waals surface area contributed by atoms with Gasteiger partial charge in [0, 0.05) is 13.1 Å². The lowest BCUT2D eigenvalue weighted by Crippen LogP contribution is -2.35. The minimum atomic E-state index is -0.968. The van der Waals surface area contributed by atoms with Crippen molar-refractivity contribution in [1.82, 2.24) is 14.8 Å². The molecule has 1 saturated heterocycles. The van der Waals surface area contributed by atoms with Crippen LogP contribution in [0.4, 0.5) is 0 Å². The summed E-state index contributed by atoms with van der Waals surface area (Å²) in [4.78, 5) is 19.7. The van der Waals surface area contributed by atoms with Gasteiger partial charge in [-0.1, -0.05) is 6.07 Å². The van der Waals surface area contributed by atoms with Crippen LogP contribution >= 0.6 is 0 Å². The molecule has 5 heteroatoms. The predicted octanol–water partition coefficient (Wildman–Crippen LogP) is 1.55. The lowest BCUT2D eigenvalue weighted by molar-refractivity contribution is 0.0690. The molecular formula is C15H23N3O2. The van der Waals surface area contributed by atoms with Crippen molar-refractivity contribution in [3.05, 3.63) is 29.6 Å². The summed E-state index contributed by atoms with van der Waals surface area (Å²) >= 11 is 0. The van der Waals surface area contributed by atoms with Crippen molar-refractivity contribution in [2.45, 2.75) is 19.4 Å². The van der Waals surface area contributed by atoms with Crippen LogP contribution in [0.25, 0.3) is 0 Å². The normalized spacial score (nSPS) is 17.6. The maximum atomic E-state index is 10.9. The molecule has 0 bridgehead atoms. The molecule has 0 amide bonds. The Hall–Kier alpha value is -1.46. The van der Waals surface area contributed by atoms with Crippen LogP contribution < -0.4 is 0 Å². The fourth-order valence-electron chi connectivity index (χ4n) is 2.71. The molecule has 20 heavy (non-hydrogen) atoms. The van der Waals surface area contributed by atoms with E-state index in [1.54, 1.807) is 6.07 Å². The third-order valence-corrected chi connectivity index (χ3v) is 3.87. The van der Waals surface area contributed by atoms with Gasteiger partial charge >= 0.3 is 5.97 Å². The average molecular weight is 277 g/mol. The highest BCUT2D eigenvalue weighted by atomic mass is 16.4. The van der Waals surface area contributed by atoms with Crippen LogP contribution in [-0.2, 0) is 6.54 Å². The van der Waals surface area contributed by atoms with E-state index in [1.807, 2.05) is 6.07 Å². The number of rotatable bonds is 5. The summed E-state index contributed by atoms with van der Waals surface area (Å²) in [5.41, 5.74) is 0.940. The molecule has 2 heterocycles. The first kappa shape index (κ1) is 14.9. The Kier molecular flexibility index (Phi) is 5.09. The van der Waals surface area contributed by atoms with Gasteiger partial charge in [0.15, 0.2) is 0 Å². The second kappa shape index (κ2) is 6.81. The van der Waals surface area contributed by atoms with E-state index in [2.05, 4.69) is 28.9 Å². The minimum Gasteiger partial charge on any atom is -0.477 e. The fraction of sp³-hybridized carbons (Fsp3) is 0.600. The summed E-state index contributed by atoms with van der Waals surface area (Å²) in [6, 6.07) is 5.18. The first-order chi connectivity index (χ1) is 9.54. The Bertz CT molecular complexity index is 456. The number of likely N-dealkylation sites (tertiary alicyclic amines) is 1. The van der Waals surface area contributed by atoms with E-state index in [1.165, 1.54) is 32.0 Å². The number of hydrogen-bond acceptors (Lipinski definition) is 4. The van der Waals surface area contributed by atoms with Crippen molar-refractivity contribution in [3.63, 3.8) is 0 Å². The third kappa shape index (κ3) is 4.28. The molecule has 1 aliphatic rings. The second-order valence-corrected chi connectivity index (χ2v) is 5.76. The van der Waals surface area contributed by atoms with Crippen molar-refractivity contribution in [3.8, 4) is 0 Å². The lowest BCUT2D eigenvalue weighted by atomic mass is 9.96. The standard InChI is InChI=1S/C15H23N3O2/c1-17-8-6-12(7-9-17)10-18(2)11-13-4-3-5-14(16-13)15(19)20/h3-5,12H,6-11H2,1-2H3,(H,19,20). The van der Waals surface area contributed by atoms with Gasteiger partial charge < -0.3 is 14.9 Å². The summed E-state index contributed by atoms with van der Waals surface area (Å²) in [6.45, 7) is 4.09. The van der Waals surface area contributed by atoms with Crippen molar-refractivity contribution < 1.29 is 9.90 Å². The molecule has 0 atom stereocenters. The number of pyridine rings is 1. The fourth-order valence-corrected chi connectivity index (χ4v) is 2.71. The molecule has 0 unspecified atom stereocenters. The van der Waals surface area contributed by atoms with Crippen LogP contribution in [0.15, 0.2) is 18.2 Å². The average Bonchev–Trinajstić information content (AvgIpc) is 2.41. The molecule has 1 N–H and O–H groups in total. The van der Waals surface area contributed by atoms with Gasteiger partial charge in [0.2, 0.25) is 0 Å². The molecule has 0 spiro atoms. The molecule has 0 radical (unpaired) electrons. The van der Waals surface area contributed by atoms with Gasteiger partial charge in [-0.15, -0.1) is 0 Å². The summed E-state index contributed by atoms with van der Waals surface area (Å²) in [7, 11) is 4.24. The van der Waals surface area contributed by atoms with Crippen LogP contribution in [0.1, 0.15) is 29.0 Å². The molecule has 1 aromatic heterocycles. The number of carboxylic acid groups (broad SMARTS) is 1. The Labute approximate surface area is 120 Å². The Morgan fingerprint density at radius 2 is 2.15 bits per heavy atom. The topological polar surface area (TPSA) is 56.7 Å². The zero-order valence-electron chi connectivity index (χ0n) is 12.2. The van der Waals surface area contributed by atoms with Gasteiger partial charge in [0.25, 0.3) is 0 Å². The van der Waals surface area contributed by atoms with E-state index in [0.717, 1.165) is 18.2 Å². The highest BCUT2D eigenvalue weighted by Gasteiger charge is 2.18. The highest BCUT2D eigenvalue weighted by molar-refractivity contribution is 5.85. The largest absolute Gasteiger partial charge is 0.477 e. The molecule has 0 aromatic carbocycles. The van der Waals surface area contributed by atoms with Crippen LogP contribution in [0.3, 0.4) is 0 Å². The van der Waals surface area contributed by atoms with Crippen LogP contribution in [0, 0.1) is 5.92 Å². The lowest BCUT2D eigenvalue weighted by Gasteiger charge is -2.31. The Balaban J connectivity index is 1.86. The summed E-state index contributed by atoms with van der Waals surface area (Å²) in [5.74, 6) is -0.233. The molecule has 0 saturated carbocycles.